The largest absolute Gasteiger partial charge is 0.390 e. The summed E-state index contributed by atoms with van der Waals surface area (Å²) in [5.41, 5.74) is 13.1. The number of carbonyl (C=O) groups is 1. The smallest absolute Gasteiger partial charge is 0.315 e. The molecule has 1 saturated heterocycles. The van der Waals surface area contributed by atoms with Crippen molar-refractivity contribution in [2.75, 3.05) is 39.4 Å². The van der Waals surface area contributed by atoms with Gasteiger partial charge in [-0.25, -0.2) is 4.79 Å². The second kappa shape index (κ2) is 15.3. The Balaban J connectivity index is 1.18. The number of carbonyl (C=O) groups excluding carboxylic acids is 1. The summed E-state index contributed by atoms with van der Waals surface area (Å²) in [5.74, 6) is 6.48. The van der Waals surface area contributed by atoms with E-state index in [1.165, 1.54) is 5.56 Å². The van der Waals surface area contributed by atoms with Crippen LogP contribution in [0.3, 0.4) is 0 Å². The number of ether oxygens (including phenoxy) is 1. The summed E-state index contributed by atoms with van der Waals surface area (Å²) in [5, 5.41) is 20.7. The Morgan fingerprint density at radius 1 is 0.957 bits per heavy atom. The van der Waals surface area contributed by atoms with Crippen LogP contribution in [0.25, 0.3) is 11.3 Å². The van der Waals surface area contributed by atoms with Crippen LogP contribution in [0.1, 0.15) is 33.5 Å². The van der Waals surface area contributed by atoms with Gasteiger partial charge in [-0.2, -0.15) is 5.10 Å². The van der Waals surface area contributed by atoms with Crippen LogP contribution in [0.2, 0.25) is 10.0 Å². The van der Waals surface area contributed by atoms with Crippen LogP contribution in [-0.2, 0) is 37.3 Å². The lowest BCUT2D eigenvalue weighted by Crippen LogP contribution is -2.42. The number of amides is 2. The van der Waals surface area contributed by atoms with Gasteiger partial charge in [0.05, 0.1) is 43.1 Å². The van der Waals surface area contributed by atoms with Gasteiger partial charge in [0.15, 0.2) is 0 Å². The fraction of sp³-hybridized carbons (Fsp3) is 0.333. The molecule has 0 radical (unpaired) electrons. The second-order valence-electron chi connectivity index (χ2n) is 11.9. The van der Waals surface area contributed by atoms with E-state index < -0.39 is 12.1 Å². The van der Waals surface area contributed by atoms with Crippen molar-refractivity contribution < 1.29 is 14.6 Å². The van der Waals surface area contributed by atoms with Gasteiger partial charge in [-0.1, -0.05) is 65.4 Å². The van der Waals surface area contributed by atoms with Crippen LogP contribution in [-0.4, -0.2) is 76.2 Å². The molecule has 0 saturated carbocycles. The molecule has 1 fully saturated rings. The maximum Gasteiger partial charge on any atom is 0.315 e. The second-order valence-corrected chi connectivity index (χ2v) is 12.7. The van der Waals surface area contributed by atoms with E-state index in [1.54, 1.807) is 4.90 Å². The molecule has 0 bridgehead atoms. The highest BCUT2D eigenvalue weighted by Crippen LogP contribution is 2.32. The number of nitrogens with zero attached hydrogens (tertiary/aromatic N) is 4. The molecule has 3 heterocycles. The van der Waals surface area contributed by atoms with E-state index in [-0.39, 0.29) is 0 Å². The van der Waals surface area contributed by atoms with Crippen molar-refractivity contribution in [3.05, 3.63) is 110 Å². The van der Waals surface area contributed by atoms with E-state index >= 15 is 0 Å². The number of hydrogen-bond acceptors (Lipinski definition) is 6. The van der Waals surface area contributed by atoms with E-state index in [2.05, 4.69) is 34.2 Å². The van der Waals surface area contributed by atoms with Gasteiger partial charge in [0.2, 0.25) is 0 Å². The van der Waals surface area contributed by atoms with Crippen molar-refractivity contribution in [1.82, 2.24) is 24.9 Å². The minimum Gasteiger partial charge on any atom is -0.390 e. The van der Waals surface area contributed by atoms with Gasteiger partial charge < -0.3 is 25.8 Å². The van der Waals surface area contributed by atoms with Crippen molar-refractivity contribution >= 4 is 29.2 Å². The Hall–Kier alpha value is -3.88. The number of nitrogens with one attached hydrogen (secondary N) is 1. The number of fused-ring (bicyclic) bond motifs is 1. The average molecular weight is 674 g/mol. The number of hydrogen-bond donors (Lipinski definition) is 3. The van der Waals surface area contributed by atoms with Gasteiger partial charge in [0.1, 0.15) is 0 Å². The lowest BCUT2D eigenvalue weighted by atomic mass is 9.99. The molecular weight excluding hydrogens is 635 g/mol. The van der Waals surface area contributed by atoms with Crippen LogP contribution in [0.4, 0.5) is 4.79 Å². The third-order valence-electron chi connectivity index (χ3n) is 8.51. The van der Waals surface area contributed by atoms with E-state index in [4.69, 9.17) is 38.8 Å². The van der Waals surface area contributed by atoms with Crippen molar-refractivity contribution in [2.45, 2.75) is 38.7 Å². The first-order valence-corrected chi connectivity index (χ1v) is 16.5. The maximum atomic E-state index is 12.1. The highest BCUT2D eigenvalue weighted by molar-refractivity contribution is 6.31. The summed E-state index contributed by atoms with van der Waals surface area (Å²) >= 11 is 12.6. The standard InChI is InChI=1S/C36H38Cl2N6O3/c37-30-10-6-27(7-11-30)21-40-20-26-3-1-25(2-4-26)5-8-28-19-29(9-12-33(28)38)35-32-24-43(36(39)46)14-13-34(32)44(41-35)23-31(45)22-42-15-17-47-18-16-42/h1-4,6-7,9-12,19,31,40,45H,13-18,20-24H2,(H2,39,46)/t31-/m0/s1. The maximum absolute atomic E-state index is 12.1. The number of aromatic nitrogens is 2. The van der Waals surface area contributed by atoms with Crippen LogP contribution in [0, 0.1) is 11.8 Å². The zero-order chi connectivity index (χ0) is 32.8. The first-order chi connectivity index (χ1) is 22.8. The molecule has 11 heteroatoms. The lowest BCUT2D eigenvalue weighted by molar-refractivity contribution is 0.0106. The van der Waals surface area contributed by atoms with Crippen molar-refractivity contribution in [3.63, 3.8) is 0 Å². The minimum absolute atomic E-state index is 0.350. The molecule has 0 aliphatic carbocycles. The third kappa shape index (κ3) is 8.54. The number of β-amino-alcohol motifs (C(OH)–C–C–N with tert-alkyl or cyclic N) is 1. The molecule has 6 rings (SSSR count). The van der Waals surface area contributed by atoms with Gasteiger partial charge in [-0.05, 0) is 47.5 Å². The van der Waals surface area contributed by atoms with Gasteiger partial charge in [0.25, 0.3) is 0 Å². The van der Waals surface area contributed by atoms with E-state index in [1.807, 2.05) is 59.3 Å². The molecule has 2 aliphatic rings. The highest BCUT2D eigenvalue weighted by Gasteiger charge is 2.28. The summed E-state index contributed by atoms with van der Waals surface area (Å²) in [6.07, 6.45) is -0.000896. The van der Waals surface area contributed by atoms with Gasteiger partial charge in [-0.15, -0.1) is 0 Å². The fourth-order valence-electron chi connectivity index (χ4n) is 5.97. The Morgan fingerprint density at radius 2 is 1.66 bits per heavy atom. The normalized spacial score (nSPS) is 15.5. The van der Waals surface area contributed by atoms with Crippen LogP contribution in [0.5, 0.6) is 0 Å². The van der Waals surface area contributed by atoms with Gasteiger partial charge in [0, 0.05) is 78.7 Å². The number of nitrogens with two attached hydrogens (primary N) is 1. The molecule has 1 atom stereocenters. The molecule has 1 aromatic heterocycles. The average Bonchev–Trinajstić information content (AvgIpc) is 3.43. The summed E-state index contributed by atoms with van der Waals surface area (Å²) in [7, 11) is 0. The molecule has 3 aromatic carbocycles. The number of aliphatic hydroxyl groups excluding tert-OH is 1. The molecule has 0 spiro atoms. The molecule has 4 N–H and O–H groups in total. The van der Waals surface area contributed by atoms with Gasteiger partial charge >= 0.3 is 6.03 Å². The Morgan fingerprint density at radius 3 is 2.36 bits per heavy atom. The van der Waals surface area contributed by atoms with Gasteiger partial charge in [-0.3, -0.25) is 9.58 Å². The molecule has 2 aliphatic heterocycles. The zero-order valence-electron chi connectivity index (χ0n) is 26.1. The van der Waals surface area contributed by atoms with Crippen LogP contribution in [0.15, 0.2) is 66.7 Å². The van der Waals surface area contributed by atoms with E-state index in [0.29, 0.717) is 56.4 Å². The number of primary amides is 1. The molecular formula is C36H38Cl2N6O3. The quantitative estimate of drug-likeness (QED) is 0.223. The number of morpholine rings is 1. The predicted octanol–water partition coefficient (Wildman–Crippen LogP) is 4.68. The number of rotatable bonds is 9. The Bertz CT molecular complexity index is 1760. The number of aliphatic hydroxyl groups is 1. The first kappa shape index (κ1) is 33.0. The lowest BCUT2D eigenvalue weighted by Gasteiger charge is -2.29. The molecule has 4 aromatic rings. The topological polar surface area (TPSA) is 109 Å². The summed E-state index contributed by atoms with van der Waals surface area (Å²) in [4.78, 5) is 15.9. The van der Waals surface area contributed by atoms with Crippen LogP contribution < -0.4 is 11.1 Å². The SMILES string of the molecule is NC(=O)N1CCc2c(c(-c3ccc(Cl)c(C#Cc4ccc(CNCc5ccc(Cl)cc5)cc4)c3)nn2C[C@@H](O)CN2CCOCC2)C1. The molecule has 9 nitrogen and oxygen atoms in total. The van der Waals surface area contributed by atoms with Crippen LogP contribution >= 0.6 is 23.2 Å². The first-order valence-electron chi connectivity index (χ1n) is 15.8. The minimum atomic E-state index is -0.601. The Labute approximate surface area is 285 Å². The third-order valence-corrected chi connectivity index (χ3v) is 9.09. The van der Waals surface area contributed by atoms with Crippen molar-refractivity contribution in [1.29, 1.82) is 0 Å². The molecule has 0 unspecified atom stereocenters. The van der Waals surface area contributed by atoms with Crippen molar-refractivity contribution in [2.24, 2.45) is 5.73 Å². The fourth-order valence-corrected chi connectivity index (χ4v) is 6.26. The summed E-state index contributed by atoms with van der Waals surface area (Å²) in [6.45, 7) is 6.18. The number of halogens is 2. The van der Waals surface area contributed by atoms with E-state index in [0.717, 1.165) is 64.8 Å². The monoisotopic (exact) mass is 672 g/mol. The predicted molar refractivity (Wildman–Crippen MR) is 184 cm³/mol. The molecule has 244 valence electrons. The Kier molecular flexibility index (Phi) is 10.8. The summed E-state index contributed by atoms with van der Waals surface area (Å²) in [6, 6.07) is 21.2. The molecule has 47 heavy (non-hydrogen) atoms. The number of urea groups is 1. The van der Waals surface area contributed by atoms with E-state index in [9.17, 15) is 9.90 Å². The number of benzene rings is 3. The molecule has 2 amide bonds. The summed E-state index contributed by atoms with van der Waals surface area (Å²) < 4.78 is 7.33. The zero-order valence-corrected chi connectivity index (χ0v) is 27.6. The van der Waals surface area contributed by atoms with Crippen molar-refractivity contribution in [3.8, 4) is 23.1 Å². The highest BCUT2D eigenvalue weighted by atomic mass is 35.5.